The minimum atomic E-state index is -1.41. The molecule has 1 saturated heterocycles. The number of aliphatic carboxylic acids is 1. The number of aliphatic hydroxyl groups excluding tert-OH is 2. The van der Waals surface area contributed by atoms with Gasteiger partial charge in [0.2, 0.25) is 6.29 Å². The molecule has 0 spiro atoms. The number of fused-ring (bicyclic) bond motifs is 4. The fourth-order valence-electron chi connectivity index (χ4n) is 6.62. The molecule has 7 rings (SSSR count). The van der Waals surface area contributed by atoms with E-state index in [0.717, 1.165) is 58.9 Å². The summed E-state index contributed by atoms with van der Waals surface area (Å²) < 4.78 is 16.3. The topological polar surface area (TPSA) is 207 Å². The zero-order chi connectivity index (χ0) is 42.1. The number of carbonyl (C=O) groups is 2. The molecule has 1 fully saturated rings. The molecule has 3 aliphatic heterocycles. The Labute approximate surface area is 347 Å². The molecule has 4 aromatic carbocycles. The van der Waals surface area contributed by atoms with Gasteiger partial charge in [-0.15, -0.1) is 5.11 Å². The number of carbonyl (C=O) groups excluding carboxylic acids is 1. The molecule has 16 heteroatoms. The van der Waals surface area contributed by atoms with Gasteiger partial charge in [0.15, 0.2) is 5.11 Å². The number of aryl methyl sites for hydroxylation is 1. The number of hydrogen-bond donors (Lipinski definition) is 6. The maximum absolute atomic E-state index is 12.7. The molecule has 0 unspecified atom stereocenters. The van der Waals surface area contributed by atoms with Gasteiger partial charge in [-0.3, -0.25) is 9.69 Å². The Kier molecular flexibility index (Phi) is 14.4. The van der Waals surface area contributed by atoms with Crippen LogP contribution in [0.5, 0.6) is 11.5 Å². The first-order valence-electron chi connectivity index (χ1n) is 19.5. The number of amidine groups is 1. The number of phenols is 1. The first kappa shape index (κ1) is 42.8. The van der Waals surface area contributed by atoms with Crippen molar-refractivity contribution in [1.82, 2.24) is 10.2 Å². The van der Waals surface area contributed by atoms with Gasteiger partial charge >= 0.3 is 5.97 Å². The normalized spacial score (nSPS) is 20.4. The summed E-state index contributed by atoms with van der Waals surface area (Å²) in [6, 6.07) is 25.2. The molecule has 3 heterocycles. The maximum Gasteiger partial charge on any atom is 0.329 e. The van der Waals surface area contributed by atoms with Gasteiger partial charge in [-0.1, -0.05) is 51.0 Å². The number of thiocarbonyl (C=S) groups is 1. The summed E-state index contributed by atoms with van der Waals surface area (Å²) in [6.45, 7) is 6.47. The van der Waals surface area contributed by atoms with Gasteiger partial charge in [-0.2, -0.15) is 5.11 Å². The number of phenolic OH excluding ortho intramolecular Hbond substituents is 1. The summed E-state index contributed by atoms with van der Waals surface area (Å²) in [5.41, 5.74) is 6.35. The number of amides is 1. The molecule has 5 atom stereocenters. The summed E-state index contributed by atoms with van der Waals surface area (Å²) in [6.07, 6.45) is -1.42. The highest BCUT2D eigenvalue weighted by atomic mass is 32.1. The Morgan fingerprint density at radius 1 is 0.983 bits per heavy atom. The standard InChI is InChI=1S/C22H26N2O8.C21H22N4OS/c1-3-13-4-9-17(25)16(10-13)24-23-14-5-7-15(8-6-14)32-22-20(29)21(30-11-18(26)27)19(28)12(2)31-22;1-2-3-6-11-22-21(27)23-15-9-10-18-14(12-15)13-25-19(24-18)16-7-4-5-8-17(16)20(25)26/h4-10,12,19-22,25,28-29H,3,11H2,1-2H3,(H,26,27);4-5,7-10,12H,2-3,6,11,13H2,1H3,(H2,22,23,27)/t12-,19+,20-,21+,22+;/m0./s1. The third kappa shape index (κ3) is 10.6. The van der Waals surface area contributed by atoms with Crippen molar-refractivity contribution < 1.29 is 44.2 Å². The molecule has 0 radical (unpaired) electrons. The molecular weight excluding hydrogens is 777 g/mol. The number of ether oxygens (including phenoxy) is 3. The quantitative estimate of drug-likeness (QED) is 0.0463. The SMILES string of the molecule is CCCCCNC(=S)Nc1ccc2c(c1)CN1C(=O)c3ccccc3C1=N2.CCc1ccc(O)c(N=Nc2ccc(O[C@H]3O[C@@H](C)[C@@H](O)[C@@H](OCC(=O)O)[C@@H]3O)cc2)c1. The van der Waals surface area contributed by atoms with Crippen LogP contribution in [-0.2, 0) is 27.2 Å². The van der Waals surface area contributed by atoms with Crippen LogP contribution in [-0.4, -0.2) is 92.0 Å². The molecule has 0 bridgehead atoms. The predicted molar refractivity (Wildman–Crippen MR) is 225 cm³/mol. The number of hydrogen-bond acceptors (Lipinski definition) is 12. The van der Waals surface area contributed by atoms with E-state index in [0.29, 0.717) is 28.8 Å². The molecule has 0 aliphatic carbocycles. The first-order valence-corrected chi connectivity index (χ1v) is 19.9. The number of aromatic hydroxyl groups is 1. The lowest BCUT2D eigenvalue weighted by Crippen LogP contribution is -2.59. The Morgan fingerprint density at radius 2 is 1.75 bits per heavy atom. The van der Waals surface area contributed by atoms with E-state index in [1.165, 1.54) is 12.8 Å². The van der Waals surface area contributed by atoms with Gasteiger partial charge in [0.05, 0.1) is 29.6 Å². The van der Waals surface area contributed by atoms with Crippen LogP contribution in [0.3, 0.4) is 0 Å². The van der Waals surface area contributed by atoms with Crippen molar-refractivity contribution in [3.63, 3.8) is 0 Å². The number of unbranched alkanes of at least 4 members (excludes halogenated alkanes) is 2. The summed E-state index contributed by atoms with van der Waals surface area (Å²) in [5, 5.41) is 54.6. The van der Waals surface area contributed by atoms with Crippen LogP contribution in [0.1, 0.15) is 67.1 Å². The second-order valence-corrected chi connectivity index (χ2v) is 14.6. The highest BCUT2D eigenvalue weighted by molar-refractivity contribution is 7.80. The Bertz CT molecular complexity index is 2200. The molecule has 15 nitrogen and oxygen atoms in total. The highest BCUT2D eigenvalue weighted by Crippen LogP contribution is 2.36. The lowest BCUT2D eigenvalue weighted by Gasteiger charge is -2.40. The van der Waals surface area contributed by atoms with Crippen molar-refractivity contribution >= 4 is 57.8 Å². The van der Waals surface area contributed by atoms with Crippen LogP contribution in [0.15, 0.2) is 100 Å². The molecular formula is C43H48N6O9S. The van der Waals surface area contributed by atoms with Crippen molar-refractivity contribution in [2.24, 2.45) is 15.2 Å². The summed E-state index contributed by atoms with van der Waals surface area (Å²) in [7, 11) is 0. The number of rotatable bonds is 13. The van der Waals surface area contributed by atoms with Crippen LogP contribution in [0.4, 0.5) is 22.7 Å². The summed E-state index contributed by atoms with van der Waals surface area (Å²) >= 11 is 5.37. The number of benzene rings is 4. The second kappa shape index (κ2) is 19.8. The monoisotopic (exact) mass is 824 g/mol. The second-order valence-electron chi connectivity index (χ2n) is 14.2. The van der Waals surface area contributed by atoms with E-state index >= 15 is 0 Å². The van der Waals surface area contributed by atoms with Gasteiger partial charge in [0.1, 0.15) is 47.9 Å². The number of aliphatic imine (C=N–C) groups is 1. The first-order chi connectivity index (χ1) is 28.4. The minimum Gasteiger partial charge on any atom is -0.506 e. The molecule has 310 valence electrons. The van der Waals surface area contributed by atoms with Crippen molar-refractivity contribution in [2.75, 3.05) is 18.5 Å². The number of carboxylic acids is 1. The van der Waals surface area contributed by atoms with Crippen LogP contribution in [0.2, 0.25) is 0 Å². The lowest BCUT2D eigenvalue weighted by atomic mass is 9.99. The molecule has 4 aromatic rings. The van der Waals surface area contributed by atoms with Crippen molar-refractivity contribution in [1.29, 1.82) is 0 Å². The number of azo groups is 1. The minimum absolute atomic E-state index is 0.0153. The Hall–Kier alpha value is -5.78. The average molecular weight is 825 g/mol. The van der Waals surface area contributed by atoms with Gasteiger partial charge in [0.25, 0.3) is 5.91 Å². The molecule has 3 aliphatic rings. The third-order valence-electron chi connectivity index (χ3n) is 9.85. The third-order valence-corrected chi connectivity index (χ3v) is 10.1. The number of nitrogens with zero attached hydrogens (tertiary/aromatic N) is 4. The van der Waals surface area contributed by atoms with Crippen LogP contribution in [0, 0.1) is 0 Å². The van der Waals surface area contributed by atoms with Crippen molar-refractivity contribution in [3.8, 4) is 11.5 Å². The highest BCUT2D eigenvalue weighted by Gasteiger charge is 2.45. The van der Waals surface area contributed by atoms with E-state index in [2.05, 4.69) is 27.8 Å². The lowest BCUT2D eigenvalue weighted by molar-refractivity contribution is -0.276. The Morgan fingerprint density at radius 3 is 2.47 bits per heavy atom. The van der Waals surface area contributed by atoms with Crippen molar-refractivity contribution in [2.45, 2.75) is 83.7 Å². The van der Waals surface area contributed by atoms with Crippen LogP contribution < -0.4 is 15.4 Å². The van der Waals surface area contributed by atoms with Crippen molar-refractivity contribution in [3.05, 3.63) is 107 Å². The van der Waals surface area contributed by atoms with Gasteiger partial charge in [-0.05, 0) is 104 Å². The van der Waals surface area contributed by atoms with Gasteiger partial charge in [-0.25, -0.2) is 9.79 Å². The zero-order valence-electron chi connectivity index (χ0n) is 32.9. The molecule has 0 aromatic heterocycles. The average Bonchev–Trinajstić information content (AvgIpc) is 3.51. The fourth-order valence-corrected chi connectivity index (χ4v) is 6.84. The molecule has 0 saturated carbocycles. The largest absolute Gasteiger partial charge is 0.506 e. The molecule has 59 heavy (non-hydrogen) atoms. The molecule has 6 N–H and O–H groups in total. The number of nitrogens with one attached hydrogen (secondary N) is 2. The van der Waals surface area contributed by atoms with Gasteiger partial charge < -0.3 is 45.3 Å². The number of anilines is 1. The number of aliphatic hydroxyl groups is 2. The van der Waals surface area contributed by atoms with E-state index in [9.17, 15) is 24.9 Å². The van der Waals surface area contributed by atoms with Crippen LogP contribution >= 0.6 is 12.2 Å². The van der Waals surface area contributed by atoms with Gasteiger partial charge in [0, 0.05) is 17.8 Å². The van der Waals surface area contributed by atoms with E-state index < -0.39 is 43.3 Å². The number of carboxylic acid groups (broad SMARTS) is 1. The predicted octanol–water partition coefficient (Wildman–Crippen LogP) is 6.90. The molecule has 1 amide bonds. The Balaban J connectivity index is 0.000000201. The van der Waals surface area contributed by atoms with Crippen LogP contribution in [0.25, 0.3) is 0 Å². The van der Waals surface area contributed by atoms with E-state index in [1.807, 2.05) is 55.5 Å². The summed E-state index contributed by atoms with van der Waals surface area (Å²) in [5.74, 6) is -0.0754. The maximum atomic E-state index is 12.7. The summed E-state index contributed by atoms with van der Waals surface area (Å²) in [4.78, 5) is 29.9. The zero-order valence-corrected chi connectivity index (χ0v) is 33.8. The van der Waals surface area contributed by atoms with E-state index in [4.69, 9.17) is 36.5 Å². The fraction of sp³-hybridized carbons (Fsp3) is 0.349. The van der Waals surface area contributed by atoms with E-state index in [-0.39, 0.29) is 11.7 Å². The van der Waals surface area contributed by atoms with E-state index in [1.54, 1.807) is 48.2 Å². The smallest absolute Gasteiger partial charge is 0.329 e.